The second-order valence-corrected chi connectivity index (χ2v) is 15.6. The molecule has 0 aliphatic heterocycles. The molecule has 0 aromatic heterocycles. The molecule has 0 N–H and O–H groups in total. The van der Waals surface area contributed by atoms with Crippen molar-refractivity contribution in [1.82, 2.24) is 0 Å². The molecule has 0 amide bonds. The Morgan fingerprint density at radius 3 is 1.23 bits per heavy atom. The average Bonchev–Trinajstić information content (AvgIpc) is 3.32. The van der Waals surface area contributed by atoms with Crippen LogP contribution in [-0.4, -0.2) is 9.52 Å². The molecule has 6 rings (SSSR count). The van der Waals surface area contributed by atoms with Gasteiger partial charge in [-0.3, -0.25) is 0 Å². The van der Waals surface area contributed by atoms with Crippen molar-refractivity contribution >= 4 is 55.0 Å². The Hall–Kier alpha value is -1.96. The fourth-order valence-corrected chi connectivity index (χ4v) is 12.3. The van der Waals surface area contributed by atoms with E-state index in [4.69, 9.17) is 23.2 Å². The Kier molecular flexibility index (Phi) is 8.40. The number of hydrogen-bond donors (Lipinski definition) is 0. The van der Waals surface area contributed by atoms with Crippen LogP contribution in [-0.2, 0) is 48.0 Å². The molecule has 0 spiro atoms. The summed E-state index contributed by atoms with van der Waals surface area (Å²) in [6, 6.07) is 35.0. The number of aryl methyl sites for hydroxylation is 2. The number of allylic oxidation sites excluding steroid dienone is 4. The van der Waals surface area contributed by atoms with E-state index < -0.39 is 18.5 Å². The first-order valence-corrected chi connectivity index (χ1v) is 16.2. The third-order valence-electron chi connectivity index (χ3n) is 8.88. The summed E-state index contributed by atoms with van der Waals surface area (Å²) in [5.74, 6) is 0. The molecular weight excluding hydrogens is 623 g/mol. The van der Waals surface area contributed by atoms with E-state index in [1.807, 2.05) is 0 Å². The van der Waals surface area contributed by atoms with Crippen molar-refractivity contribution in [2.45, 2.75) is 49.5 Å². The van der Waals surface area contributed by atoms with Gasteiger partial charge in [0.15, 0.2) is 0 Å². The first kappa shape index (κ1) is 29.5. The van der Waals surface area contributed by atoms with Crippen LogP contribution >= 0.6 is 23.2 Å². The minimum atomic E-state index is -1.32. The average molecular weight is 657 g/mol. The molecule has 0 saturated heterocycles. The molecule has 2 atom stereocenters. The van der Waals surface area contributed by atoms with Gasteiger partial charge in [0.2, 0.25) is 0 Å². The summed E-state index contributed by atoms with van der Waals surface area (Å²) in [6.07, 6.45) is 1.92. The van der Waals surface area contributed by atoms with Gasteiger partial charge >= 0.3 is 0 Å². The zero-order valence-electron chi connectivity index (χ0n) is 23.6. The second kappa shape index (κ2) is 11.4. The van der Waals surface area contributed by atoms with Crippen LogP contribution in [0.1, 0.15) is 72.2 Å². The molecule has 200 valence electrons. The number of fused-ring (bicyclic) bond motifs is 2. The fourth-order valence-electron chi connectivity index (χ4n) is 7.12. The zero-order valence-corrected chi connectivity index (χ0v) is 29.0. The topological polar surface area (TPSA) is 0 Å². The molecule has 0 nitrogen and oxygen atoms in total. The van der Waals surface area contributed by atoms with Crippen LogP contribution in [0.25, 0.3) is 22.3 Å². The smallest absolute Gasteiger partial charge is 0.0932 e. The summed E-state index contributed by atoms with van der Waals surface area (Å²) in [7, 11) is -1.32. The molecule has 0 bridgehead atoms. The summed E-state index contributed by atoms with van der Waals surface area (Å²) >= 11 is 16.3. The quantitative estimate of drug-likeness (QED) is 0.143. The third kappa shape index (κ3) is 4.42. The van der Waals surface area contributed by atoms with Crippen LogP contribution in [0.5, 0.6) is 0 Å². The van der Waals surface area contributed by atoms with Crippen LogP contribution in [0.3, 0.4) is 0 Å². The van der Waals surface area contributed by atoms with Crippen LogP contribution in [0.4, 0.5) is 0 Å². The van der Waals surface area contributed by atoms with Crippen molar-refractivity contribution in [3.8, 4) is 0 Å². The van der Waals surface area contributed by atoms with Gasteiger partial charge in [0.25, 0.3) is 0 Å². The Morgan fingerprint density at radius 2 is 0.850 bits per heavy atom. The van der Waals surface area contributed by atoms with Gasteiger partial charge in [-0.05, 0) is 93.5 Å². The van der Waals surface area contributed by atoms with Crippen molar-refractivity contribution in [2.24, 2.45) is 0 Å². The summed E-state index contributed by atoms with van der Waals surface area (Å²) < 4.78 is -1.31. The minimum Gasteiger partial charge on any atom is -0.113 e. The van der Waals surface area contributed by atoms with E-state index in [0.717, 1.165) is 12.8 Å². The molecule has 4 heteroatoms. The van der Waals surface area contributed by atoms with Gasteiger partial charge in [0.1, 0.15) is 0 Å². The Morgan fingerprint density at radius 1 is 0.525 bits per heavy atom. The predicted octanol–water partition coefficient (Wildman–Crippen LogP) is 9.35. The molecular formula is C36H34Cl2SiZr. The zero-order chi connectivity index (χ0) is 27.4. The van der Waals surface area contributed by atoms with Crippen molar-refractivity contribution < 1.29 is 26.2 Å². The molecule has 0 fully saturated rings. The molecule has 2 aliphatic rings. The number of hydrogen-bond acceptors (Lipinski definition) is 0. The van der Waals surface area contributed by atoms with E-state index >= 15 is 0 Å². The number of halogens is 2. The number of alkyl halides is 2. The maximum Gasteiger partial charge on any atom is 0.0932 e. The summed E-state index contributed by atoms with van der Waals surface area (Å²) in [4.78, 5) is 0. The minimum absolute atomic E-state index is 0. The third-order valence-corrected chi connectivity index (χ3v) is 12.9. The van der Waals surface area contributed by atoms with Crippen LogP contribution in [0, 0.1) is 0 Å². The summed E-state index contributed by atoms with van der Waals surface area (Å²) in [5, 5.41) is 0. The van der Waals surface area contributed by atoms with Crippen molar-refractivity contribution in [1.29, 1.82) is 0 Å². The SMILES string of the molecule is CCc1ccccc1C1=C(C)c2ccccc2C1(Cl)[SiH2]C1(Cl)C(c2ccccc2CC)=C(C)c2ccccc21.[Zr]. The van der Waals surface area contributed by atoms with E-state index in [9.17, 15) is 0 Å². The largest absolute Gasteiger partial charge is 0.113 e. The Bertz CT molecular complexity index is 1550. The second-order valence-electron chi connectivity index (χ2n) is 10.9. The van der Waals surface area contributed by atoms with Gasteiger partial charge in [0, 0.05) is 26.2 Å². The molecule has 0 saturated carbocycles. The Balaban J connectivity index is 0.00000323. The summed E-state index contributed by atoms with van der Waals surface area (Å²) in [5.41, 5.74) is 15.2. The molecule has 4 aromatic carbocycles. The van der Waals surface area contributed by atoms with Gasteiger partial charge in [-0.1, -0.05) is 111 Å². The van der Waals surface area contributed by atoms with Gasteiger partial charge < -0.3 is 0 Å². The number of rotatable bonds is 6. The molecule has 40 heavy (non-hydrogen) atoms. The van der Waals surface area contributed by atoms with Crippen molar-refractivity contribution in [2.75, 3.05) is 0 Å². The van der Waals surface area contributed by atoms with Gasteiger partial charge in [-0.2, -0.15) is 0 Å². The standard InChI is InChI=1S/C36H34Cl2Si.Zr/c1-5-25-15-7-9-19-29(25)33-23(3)27-17-11-13-21-31(27)35(33,37)39-36(38)32-22-14-12-18-28(32)24(4)34(36)30-20-10-8-16-26(30)6-2;/h7-22H,5-6,39H2,1-4H3;. The van der Waals surface area contributed by atoms with Gasteiger partial charge in [-0.15, -0.1) is 23.2 Å². The molecule has 4 aromatic rings. The normalized spacial score (nSPS) is 21.6. The van der Waals surface area contributed by atoms with Crippen molar-refractivity contribution in [3.05, 3.63) is 142 Å². The van der Waals surface area contributed by atoms with E-state index in [1.54, 1.807) is 0 Å². The first-order chi connectivity index (χ1) is 18.8. The van der Waals surface area contributed by atoms with E-state index in [1.165, 1.54) is 66.8 Å². The van der Waals surface area contributed by atoms with E-state index in [0.29, 0.717) is 0 Å². The van der Waals surface area contributed by atoms with Gasteiger partial charge in [0.05, 0.1) is 18.5 Å². The van der Waals surface area contributed by atoms with E-state index in [2.05, 4.69) is 125 Å². The Labute approximate surface area is 270 Å². The predicted molar refractivity (Wildman–Crippen MR) is 173 cm³/mol. The molecule has 0 heterocycles. The van der Waals surface area contributed by atoms with Crippen LogP contribution < -0.4 is 0 Å². The molecule has 2 unspecified atom stereocenters. The van der Waals surface area contributed by atoms with E-state index in [-0.39, 0.29) is 26.2 Å². The number of benzene rings is 4. The maximum absolute atomic E-state index is 8.13. The van der Waals surface area contributed by atoms with Gasteiger partial charge in [-0.25, -0.2) is 0 Å². The maximum atomic E-state index is 8.13. The molecule has 2 aliphatic carbocycles. The first-order valence-electron chi connectivity index (χ1n) is 14.0. The monoisotopic (exact) mass is 654 g/mol. The van der Waals surface area contributed by atoms with Crippen LogP contribution in [0.2, 0.25) is 0 Å². The van der Waals surface area contributed by atoms with Crippen molar-refractivity contribution in [3.63, 3.8) is 0 Å². The fraction of sp³-hybridized carbons (Fsp3) is 0.222. The summed E-state index contributed by atoms with van der Waals surface area (Å²) in [6.45, 7) is 8.95. The van der Waals surface area contributed by atoms with Crippen LogP contribution in [0.15, 0.2) is 97.1 Å². The molecule has 0 radical (unpaired) electrons.